The van der Waals surface area contributed by atoms with Gasteiger partial charge in [0.05, 0.1) is 11.3 Å². The zero-order valence-corrected chi connectivity index (χ0v) is 11.5. The summed E-state index contributed by atoms with van der Waals surface area (Å²) in [6.45, 7) is 4.97. The zero-order valence-electron chi connectivity index (χ0n) is 10.7. The highest BCUT2D eigenvalue weighted by Gasteiger charge is 2.15. The van der Waals surface area contributed by atoms with Gasteiger partial charge in [-0.15, -0.1) is 11.3 Å². The van der Waals surface area contributed by atoms with Crippen molar-refractivity contribution < 1.29 is 4.79 Å². The Hall–Kier alpha value is -1.49. The van der Waals surface area contributed by atoms with E-state index in [1.165, 1.54) is 17.7 Å². The van der Waals surface area contributed by atoms with Gasteiger partial charge in [-0.3, -0.25) is 4.79 Å². The molecule has 0 aliphatic rings. The molecule has 2 aromatic heterocycles. The van der Waals surface area contributed by atoms with Crippen molar-refractivity contribution in [3.8, 4) is 0 Å². The number of thiophene rings is 1. The molecule has 0 spiro atoms. The van der Waals surface area contributed by atoms with Crippen LogP contribution in [-0.4, -0.2) is 20.5 Å². The lowest BCUT2D eigenvalue weighted by Gasteiger charge is -2.04. The molecule has 2 aromatic rings. The number of carbonyl (C=O) groups is 1. The van der Waals surface area contributed by atoms with E-state index >= 15 is 0 Å². The van der Waals surface area contributed by atoms with Gasteiger partial charge in [-0.2, -0.15) is 5.10 Å². The fourth-order valence-corrected chi connectivity index (χ4v) is 2.84. The summed E-state index contributed by atoms with van der Waals surface area (Å²) in [5, 5.41) is 6.11. The Morgan fingerprint density at radius 1 is 1.44 bits per heavy atom. The van der Waals surface area contributed by atoms with Crippen LogP contribution in [0, 0.1) is 0 Å². The smallest absolute Gasteiger partial charge is 0.180 e. The van der Waals surface area contributed by atoms with E-state index in [4.69, 9.17) is 0 Å². The molecule has 0 aliphatic heterocycles. The monoisotopic (exact) mass is 263 g/mol. The van der Waals surface area contributed by atoms with Crippen molar-refractivity contribution in [2.45, 2.75) is 39.7 Å². The van der Waals surface area contributed by atoms with E-state index in [2.05, 4.69) is 23.9 Å². The van der Waals surface area contributed by atoms with Gasteiger partial charge in [0.15, 0.2) is 5.78 Å². The summed E-state index contributed by atoms with van der Waals surface area (Å²) in [6, 6.07) is 2.02. The van der Waals surface area contributed by atoms with Crippen LogP contribution >= 0.6 is 11.3 Å². The minimum Gasteiger partial charge on any atom is -0.293 e. The summed E-state index contributed by atoms with van der Waals surface area (Å²) >= 11 is 1.52. The number of rotatable bonds is 6. The number of aromatic nitrogens is 3. The third kappa shape index (κ3) is 2.67. The van der Waals surface area contributed by atoms with E-state index in [-0.39, 0.29) is 5.78 Å². The van der Waals surface area contributed by atoms with Gasteiger partial charge >= 0.3 is 0 Å². The Kier molecular flexibility index (Phi) is 4.25. The van der Waals surface area contributed by atoms with Gasteiger partial charge in [-0.25, -0.2) is 9.67 Å². The van der Waals surface area contributed by atoms with E-state index in [1.807, 2.05) is 16.1 Å². The van der Waals surface area contributed by atoms with Crippen molar-refractivity contribution in [1.82, 2.24) is 14.8 Å². The van der Waals surface area contributed by atoms with Gasteiger partial charge in [0.2, 0.25) is 0 Å². The van der Waals surface area contributed by atoms with Gasteiger partial charge in [-0.1, -0.05) is 13.8 Å². The molecule has 0 aliphatic carbocycles. The second kappa shape index (κ2) is 5.91. The molecule has 0 saturated heterocycles. The van der Waals surface area contributed by atoms with E-state index in [0.717, 1.165) is 35.7 Å². The first kappa shape index (κ1) is 13.0. The quantitative estimate of drug-likeness (QED) is 0.753. The largest absolute Gasteiger partial charge is 0.293 e. The molecule has 4 nitrogen and oxygen atoms in total. The zero-order chi connectivity index (χ0) is 13.0. The van der Waals surface area contributed by atoms with Crippen molar-refractivity contribution in [1.29, 1.82) is 0 Å². The molecular weight excluding hydrogens is 246 g/mol. The third-order valence-corrected chi connectivity index (χ3v) is 3.83. The van der Waals surface area contributed by atoms with Crippen LogP contribution < -0.4 is 0 Å². The lowest BCUT2D eigenvalue weighted by atomic mass is 10.1. The SMILES string of the molecule is CCCn1ncnc1CC(=O)c1sccc1CC. The van der Waals surface area contributed by atoms with Crippen molar-refractivity contribution in [2.24, 2.45) is 0 Å². The van der Waals surface area contributed by atoms with E-state index in [9.17, 15) is 4.79 Å². The molecule has 0 bridgehead atoms. The van der Waals surface area contributed by atoms with Crippen molar-refractivity contribution in [2.75, 3.05) is 0 Å². The summed E-state index contributed by atoms with van der Waals surface area (Å²) in [5.41, 5.74) is 1.13. The van der Waals surface area contributed by atoms with Gasteiger partial charge in [-0.05, 0) is 29.9 Å². The van der Waals surface area contributed by atoms with Gasteiger partial charge < -0.3 is 0 Å². The van der Waals surface area contributed by atoms with Crippen molar-refractivity contribution in [3.05, 3.63) is 34.0 Å². The van der Waals surface area contributed by atoms with Crippen LogP contribution in [0.15, 0.2) is 17.8 Å². The van der Waals surface area contributed by atoms with Crippen LogP contribution in [-0.2, 0) is 19.4 Å². The maximum Gasteiger partial charge on any atom is 0.180 e. The predicted octanol–water partition coefficient (Wildman–Crippen LogP) is 2.74. The summed E-state index contributed by atoms with van der Waals surface area (Å²) in [6.07, 6.45) is 3.75. The molecule has 0 N–H and O–H groups in total. The highest BCUT2D eigenvalue weighted by molar-refractivity contribution is 7.12. The van der Waals surface area contributed by atoms with Crippen LogP contribution in [0.25, 0.3) is 0 Å². The average Bonchev–Trinajstić information content (AvgIpc) is 2.98. The number of ketones is 1. The number of hydrogen-bond acceptors (Lipinski definition) is 4. The van der Waals surface area contributed by atoms with Crippen LogP contribution in [0.5, 0.6) is 0 Å². The Labute approximate surface area is 111 Å². The fourth-order valence-electron chi connectivity index (χ4n) is 1.91. The first-order chi connectivity index (χ1) is 8.76. The summed E-state index contributed by atoms with van der Waals surface area (Å²) in [4.78, 5) is 17.3. The summed E-state index contributed by atoms with van der Waals surface area (Å²) < 4.78 is 1.82. The lowest BCUT2D eigenvalue weighted by Crippen LogP contribution is -2.11. The van der Waals surface area contributed by atoms with Gasteiger partial charge in [0, 0.05) is 6.54 Å². The number of nitrogens with zero attached hydrogens (tertiary/aromatic N) is 3. The molecule has 5 heteroatoms. The molecule has 0 atom stereocenters. The maximum absolute atomic E-state index is 12.2. The van der Waals surface area contributed by atoms with E-state index in [1.54, 1.807) is 0 Å². The first-order valence-electron chi connectivity index (χ1n) is 6.22. The van der Waals surface area contributed by atoms with Crippen LogP contribution in [0.1, 0.15) is 41.3 Å². The normalized spacial score (nSPS) is 10.8. The van der Waals surface area contributed by atoms with E-state index < -0.39 is 0 Å². The predicted molar refractivity (Wildman–Crippen MR) is 72.0 cm³/mol. The topological polar surface area (TPSA) is 47.8 Å². The molecule has 2 heterocycles. The highest BCUT2D eigenvalue weighted by atomic mass is 32.1. The molecule has 96 valence electrons. The summed E-state index contributed by atoms with van der Waals surface area (Å²) in [7, 11) is 0. The molecule has 0 radical (unpaired) electrons. The second-order valence-corrected chi connectivity index (χ2v) is 5.04. The molecule has 0 unspecified atom stereocenters. The molecular formula is C13H17N3OS. The van der Waals surface area contributed by atoms with Crippen LogP contribution in [0.2, 0.25) is 0 Å². The van der Waals surface area contributed by atoms with Gasteiger partial charge in [0.25, 0.3) is 0 Å². The first-order valence-corrected chi connectivity index (χ1v) is 7.10. The Morgan fingerprint density at radius 2 is 2.28 bits per heavy atom. The maximum atomic E-state index is 12.2. The number of carbonyl (C=O) groups excluding carboxylic acids is 1. The highest BCUT2D eigenvalue weighted by Crippen LogP contribution is 2.19. The van der Waals surface area contributed by atoms with Crippen molar-refractivity contribution in [3.63, 3.8) is 0 Å². The molecule has 0 aromatic carbocycles. The van der Waals surface area contributed by atoms with Gasteiger partial charge in [0.1, 0.15) is 12.2 Å². The molecule has 18 heavy (non-hydrogen) atoms. The van der Waals surface area contributed by atoms with E-state index in [0.29, 0.717) is 6.42 Å². The average molecular weight is 263 g/mol. The molecule has 0 saturated carbocycles. The van der Waals surface area contributed by atoms with Crippen molar-refractivity contribution >= 4 is 17.1 Å². The summed E-state index contributed by atoms with van der Waals surface area (Å²) in [5.74, 6) is 0.907. The van der Waals surface area contributed by atoms with Crippen LogP contribution in [0.3, 0.4) is 0 Å². The standard InChI is InChI=1S/C13H17N3OS/c1-3-6-16-12(14-9-15-16)8-11(17)13-10(4-2)5-7-18-13/h5,7,9H,3-4,6,8H2,1-2H3. The number of aryl methyl sites for hydroxylation is 2. The number of Topliss-reactive ketones (excluding diaryl/α,β-unsaturated/α-hetero) is 1. The Bertz CT molecular complexity index is 530. The fraction of sp³-hybridized carbons (Fsp3) is 0.462. The number of hydrogen-bond donors (Lipinski definition) is 0. The minimum atomic E-state index is 0.146. The van der Waals surface area contributed by atoms with Crippen LogP contribution in [0.4, 0.5) is 0 Å². The third-order valence-electron chi connectivity index (χ3n) is 2.83. The second-order valence-electron chi connectivity index (χ2n) is 4.13. The Morgan fingerprint density at radius 3 is 3.00 bits per heavy atom. The molecule has 0 fully saturated rings. The lowest BCUT2D eigenvalue weighted by molar-refractivity contribution is 0.0992. The molecule has 0 amide bonds. The molecule has 2 rings (SSSR count). The minimum absolute atomic E-state index is 0.146. The Balaban J connectivity index is 2.14.